The second-order valence-corrected chi connectivity index (χ2v) is 5.33. The summed E-state index contributed by atoms with van der Waals surface area (Å²) >= 11 is 0. The molecule has 2 aromatic rings. The van der Waals surface area contributed by atoms with Crippen molar-refractivity contribution in [2.45, 2.75) is 18.8 Å². The number of carbonyl (C=O) groups excluding carboxylic acids is 1. The van der Waals surface area contributed by atoms with Gasteiger partial charge in [0.2, 0.25) is 11.9 Å². The van der Waals surface area contributed by atoms with Crippen LogP contribution in [0.4, 0.5) is 5.95 Å². The van der Waals surface area contributed by atoms with E-state index in [-0.39, 0.29) is 11.8 Å². The molecule has 1 aliphatic heterocycles. The fourth-order valence-corrected chi connectivity index (χ4v) is 2.73. The fourth-order valence-electron chi connectivity index (χ4n) is 2.73. The van der Waals surface area contributed by atoms with Crippen LogP contribution in [0.25, 0.3) is 0 Å². The highest BCUT2D eigenvalue weighted by atomic mass is 16.2. The third kappa shape index (κ3) is 3.18. The molecule has 0 saturated carbocycles. The van der Waals surface area contributed by atoms with Gasteiger partial charge in [0.15, 0.2) is 0 Å². The molecule has 0 bridgehead atoms. The highest BCUT2D eigenvalue weighted by Crippen LogP contribution is 2.26. The van der Waals surface area contributed by atoms with Crippen molar-refractivity contribution in [2.24, 2.45) is 0 Å². The Kier molecular flexibility index (Phi) is 3.81. The van der Waals surface area contributed by atoms with Crippen molar-refractivity contribution in [3.63, 3.8) is 0 Å². The predicted octanol–water partition coefficient (Wildman–Crippen LogP) is 1.62. The first kappa shape index (κ1) is 13.5. The first-order valence-electron chi connectivity index (χ1n) is 7.12. The maximum absolute atomic E-state index is 12.3. The maximum atomic E-state index is 12.3. The fraction of sp³-hybridized carbons (Fsp3) is 0.312. The Labute approximate surface area is 123 Å². The number of carbonyl (C=O) groups is 1. The summed E-state index contributed by atoms with van der Waals surface area (Å²) in [6.45, 7) is 1.49. The molecule has 1 fully saturated rings. The van der Waals surface area contributed by atoms with Gasteiger partial charge in [0.1, 0.15) is 0 Å². The van der Waals surface area contributed by atoms with Gasteiger partial charge in [-0.3, -0.25) is 4.79 Å². The molecule has 2 heterocycles. The number of nitrogens with zero attached hydrogens (tertiary/aromatic N) is 3. The van der Waals surface area contributed by atoms with Crippen molar-refractivity contribution < 1.29 is 4.79 Å². The van der Waals surface area contributed by atoms with E-state index in [0.717, 1.165) is 24.2 Å². The standard InChI is InChI=1S/C16H18N4O/c17-16-18-8-6-14(19-16)13-7-9-20(11-13)15(21)10-12-4-2-1-3-5-12/h1-6,8,13H,7,9-11H2,(H2,17,18,19)/t13-/m1/s1. The van der Waals surface area contributed by atoms with E-state index in [9.17, 15) is 4.79 Å². The summed E-state index contributed by atoms with van der Waals surface area (Å²) in [6.07, 6.45) is 3.06. The van der Waals surface area contributed by atoms with E-state index in [1.54, 1.807) is 6.20 Å². The Hall–Kier alpha value is -2.43. The Morgan fingerprint density at radius 3 is 2.86 bits per heavy atom. The van der Waals surface area contributed by atoms with Gasteiger partial charge in [0.25, 0.3) is 0 Å². The number of anilines is 1. The highest BCUT2D eigenvalue weighted by molar-refractivity contribution is 5.79. The van der Waals surface area contributed by atoms with E-state index in [0.29, 0.717) is 18.9 Å². The minimum absolute atomic E-state index is 0.172. The first-order valence-corrected chi connectivity index (χ1v) is 7.12. The van der Waals surface area contributed by atoms with Crippen LogP contribution < -0.4 is 5.73 Å². The molecule has 1 aromatic heterocycles. The van der Waals surface area contributed by atoms with Gasteiger partial charge in [-0.15, -0.1) is 0 Å². The van der Waals surface area contributed by atoms with Crippen LogP contribution in [0, 0.1) is 0 Å². The van der Waals surface area contributed by atoms with E-state index >= 15 is 0 Å². The van der Waals surface area contributed by atoms with Crippen LogP contribution in [0.3, 0.4) is 0 Å². The van der Waals surface area contributed by atoms with Crippen LogP contribution >= 0.6 is 0 Å². The van der Waals surface area contributed by atoms with Gasteiger partial charge >= 0.3 is 0 Å². The Bertz CT molecular complexity index is 629. The maximum Gasteiger partial charge on any atom is 0.227 e. The molecule has 2 N–H and O–H groups in total. The second-order valence-electron chi connectivity index (χ2n) is 5.33. The van der Waals surface area contributed by atoms with Gasteiger partial charge in [-0.2, -0.15) is 0 Å². The molecule has 1 aromatic carbocycles. The summed E-state index contributed by atoms with van der Waals surface area (Å²) in [4.78, 5) is 22.4. The summed E-state index contributed by atoms with van der Waals surface area (Å²) in [6, 6.07) is 11.7. The molecule has 0 radical (unpaired) electrons. The number of hydrogen-bond donors (Lipinski definition) is 1. The zero-order valence-electron chi connectivity index (χ0n) is 11.8. The number of likely N-dealkylation sites (tertiary alicyclic amines) is 1. The zero-order valence-corrected chi connectivity index (χ0v) is 11.8. The van der Waals surface area contributed by atoms with Crippen LogP contribution in [-0.2, 0) is 11.2 Å². The van der Waals surface area contributed by atoms with Gasteiger partial charge in [-0.05, 0) is 18.1 Å². The topological polar surface area (TPSA) is 72.1 Å². The van der Waals surface area contributed by atoms with Crippen molar-refractivity contribution in [2.75, 3.05) is 18.8 Å². The summed E-state index contributed by atoms with van der Waals surface area (Å²) in [5.41, 5.74) is 7.60. The summed E-state index contributed by atoms with van der Waals surface area (Å²) in [7, 11) is 0. The molecule has 108 valence electrons. The molecule has 1 amide bonds. The molecule has 5 nitrogen and oxygen atoms in total. The number of nitrogens with two attached hydrogens (primary N) is 1. The lowest BCUT2D eigenvalue weighted by Crippen LogP contribution is -2.29. The van der Waals surface area contributed by atoms with Gasteiger partial charge in [0, 0.05) is 25.2 Å². The van der Waals surface area contributed by atoms with Crippen LogP contribution in [-0.4, -0.2) is 33.9 Å². The molecule has 0 unspecified atom stereocenters. The molecule has 1 aliphatic rings. The molecule has 0 aliphatic carbocycles. The van der Waals surface area contributed by atoms with E-state index in [1.165, 1.54) is 0 Å². The summed E-state index contributed by atoms with van der Waals surface area (Å²) in [5, 5.41) is 0. The number of aromatic nitrogens is 2. The minimum atomic E-state index is 0.172. The minimum Gasteiger partial charge on any atom is -0.368 e. The van der Waals surface area contributed by atoms with Crippen molar-refractivity contribution in [3.05, 3.63) is 53.9 Å². The van der Waals surface area contributed by atoms with Crippen LogP contribution in [0.5, 0.6) is 0 Å². The highest BCUT2D eigenvalue weighted by Gasteiger charge is 2.28. The van der Waals surface area contributed by atoms with Crippen molar-refractivity contribution in [3.8, 4) is 0 Å². The lowest BCUT2D eigenvalue weighted by Gasteiger charge is -2.16. The quantitative estimate of drug-likeness (QED) is 0.928. The number of nitrogen functional groups attached to an aromatic ring is 1. The lowest BCUT2D eigenvalue weighted by molar-refractivity contribution is -0.129. The first-order chi connectivity index (χ1) is 10.2. The SMILES string of the molecule is Nc1nccc([C@@H]2CCN(C(=O)Cc3ccccc3)C2)n1. The van der Waals surface area contributed by atoms with Crippen molar-refractivity contribution >= 4 is 11.9 Å². The molecule has 1 saturated heterocycles. The number of benzene rings is 1. The molecule has 21 heavy (non-hydrogen) atoms. The van der Waals surface area contributed by atoms with E-state index < -0.39 is 0 Å². The van der Waals surface area contributed by atoms with E-state index in [4.69, 9.17) is 5.73 Å². The molecule has 3 rings (SSSR count). The van der Waals surface area contributed by atoms with Gasteiger partial charge in [0.05, 0.1) is 12.1 Å². The van der Waals surface area contributed by atoms with E-state index in [2.05, 4.69) is 9.97 Å². The smallest absolute Gasteiger partial charge is 0.227 e. The Balaban J connectivity index is 1.63. The van der Waals surface area contributed by atoms with Gasteiger partial charge in [-0.25, -0.2) is 9.97 Å². The average Bonchev–Trinajstić information content (AvgIpc) is 2.98. The average molecular weight is 282 g/mol. The van der Waals surface area contributed by atoms with Gasteiger partial charge in [-0.1, -0.05) is 30.3 Å². The molecular formula is C16H18N4O. The van der Waals surface area contributed by atoms with Crippen LogP contribution in [0.2, 0.25) is 0 Å². The zero-order chi connectivity index (χ0) is 14.7. The lowest BCUT2D eigenvalue weighted by atomic mass is 10.1. The molecule has 0 spiro atoms. The molecule has 5 heteroatoms. The predicted molar refractivity (Wildman–Crippen MR) is 80.5 cm³/mol. The summed E-state index contributed by atoms with van der Waals surface area (Å²) in [5.74, 6) is 0.724. The van der Waals surface area contributed by atoms with Crippen LogP contribution in [0.1, 0.15) is 23.6 Å². The van der Waals surface area contributed by atoms with E-state index in [1.807, 2.05) is 41.3 Å². The largest absolute Gasteiger partial charge is 0.368 e. The number of amides is 1. The molecule has 1 atom stereocenters. The number of rotatable bonds is 3. The normalized spacial score (nSPS) is 17.9. The van der Waals surface area contributed by atoms with Crippen molar-refractivity contribution in [1.29, 1.82) is 0 Å². The van der Waals surface area contributed by atoms with Gasteiger partial charge < -0.3 is 10.6 Å². The third-order valence-electron chi connectivity index (χ3n) is 3.85. The van der Waals surface area contributed by atoms with Crippen molar-refractivity contribution in [1.82, 2.24) is 14.9 Å². The Morgan fingerprint density at radius 2 is 2.10 bits per heavy atom. The third-order valence-corrected chi connectivity index (χ3v) is 3.85. The summed E-state index contributed by atoms with van der Waals surface area (Å²) < 4.78 is 0. The van der Waals surface area contributed by atoms with Crippen LogP contribution in [0.15, 0.2) is 42.6 Å². The number of hydrogen-bond acceptors (Lipinski definition) is 4. The Morgan fingerprint density at radius 1 is 1.29 bits per heavy atom. The molecular weight excluding hydrogens is 264 g/mol. The second kappa shape index (κ2) is 5.91. The monoisotopic (exact) mass is 282 g/mol.